The molecule has 12 heavy (non-hydrogen) atoms. The van der Waals surface area contributed by atoms with Gasteiger partial charge in [-0.3, -0.25) is 0 Å². The second kappa shape index (κ2) is 3.06. The number of fused-ring (bicyclic) bond motifs is 1. The Balaban J connectivity index is 2.75. The fourth-order valence-corrected chi connectivity index (χ4v) is 1.64. The van der Waals surface area contributed by atoms with E-state index in [0.29, 0.717) is 10.3 Å². The zero-order valence-electron chi connectivity index (χ0n) is 5.87. The summed E-state index contributed by atoms with van der Waals surface area (Å²) in [4.78, 5) is 4.13. The van der Waals surface area contributed by atoms with Gasteiger partial charge < -0.3 is 0 Å². The molecule has 0 atom stereocenters. The Bertz CT molecular complexity index is 415. The highest BCUT2D eigenvalue weighted by molar-refractivity contribution is 9.10. The molecule has 0 aliphatic rings. The average molecular weight is 247 g/mol. The second-order valence-corrected chi connectivity index (χ2v) is 3.60. The van der Waals surface area contributed by atoms with E-state index in [-0.39, 0.29) is 12.3 Å². The number of pyridine rings is 1. The normalized spacial score (nSPS) is 10.8. The fourth-order valence-electron chi connectivity index (χ4n) is 1.02. The van der Waals surface area contributed by atoms with Crippen LogP contribution in [0.3, 0.4) is 0 Å². The fraction of sp³-hybridized carbons (Fsp3) is 0. The van der Waals surface area contributed by atoms with Crippen molar-refractivity contribution >= 4 is 39.3 Å². The molecule has 0 saturated heterocycles. The summed E-state index contributed by atoms with van der Waals surface area (Å²) in [5, 5.41) is 0.934. The summed E-state index contributed by atoms with van der Waals surface area (Å²) >= 11 is 3.37. The molecule has 0 fully saturated rings. The van der Waals surface area contributed by atoms with E-state index in [9.17, 15) is 3.89 Å². The standard InChI is InChI=1S/C7H4BrFN2S/c8-6-2-1-5-3-4-11(12-9)7(5)10-6/h1-4H. The molecule has 0 aromatic carbocycles. The van der Waals surface area contributed by atoms with Crippen LogP contribution in [0.25, 0.3) is 11.0 Å². The van der Waals surface area contributed by atoms with Gasteiger partial charge in [0.05, 0.1) is 0 Å². The molecule has 0 aliphatic carbocycles. The van der Waals surface area contributed by atoms with Gasteiger partial charge in [-0.2, -0.15) is 0 Å². The molecule has 2 rings (SSSR count). The molecule has 5 heteroatoms. The minimum atomic E-state index is 0.147. The Morgan fingerprint density at radius 3 is 3.00 bits per heavy atom. The molecule has 0 N–H and O–H groups in total. The van der Waals surface area contributed by atoms with Crippen LogP contribution in [0.5, 0.6) is 0 Å². The van der Waals surface area contributed by atoms with Gasteiger partial charge in [-0.25, -0.2) is 8.96 Å². The molecule has 0 saturated carbocycles. The third-order valence-electron chi connectivity index (χ3n) is 1.54. The number of rotatable bonds is 1. The summed E-state index contributed by atoms with van der Waals surface area (Å²) in [6.07, 6.45) is 1.65. The predicted molar refractivity (Wildman–Crippen MR) is 51.5 cm³/mol. The maximum Gasteiger partial charge on any atom is 0.171 e. The summed E-state index contributed by atoms with van der Waals surface area (Å²) in [6.45, 7) is 0. The Hall–Kier alpha value is -0.550. The lowest BCUT2D eigenvalue weighted by Crippen LogP contribution is -1.83. The highest BCUT2D eigenvalue weighted by Gasteiger charge is 2.02. The van der Waals surface area contributed by atoms with Crippen molar-refractivity contribution in [3.05, 3.63) is 29.0 Å². The third-order valence-corrected chi connectivity index (χ3v) is 2.43. The largest absolute Gasteiger partial charge is 0.247 e. The SMILES string of the molecule is FSn1ccc2ccc(Br)nc21. The summed E-state index contributed by atoms with van der Waals surface area (Å²) in [7, 11) is 0. The maximum absolute atomic E-state index is 12.2. The van der Waals surface area contributed by atoms with Crippen molar-refractivity contribution in [3.8, 4) is 0 Å². The highest BCUT2D eigenvalue weighted by Crippen LogP contribution is 2.21. The van der Waals surface area contributed by atoms with Crippen LogP contribution >= 0.6 is 28.3 Å². The first-order chi connectivity index (χ1) is 5.81. The van der Waals surface area contributed by atoms with Gasteiger partial charge in [-0.1, -0.05) is 0 Å². The minimum Gasteiger partial charge on any atom is -0.247 e. The number of aromatic nitrogens is 2. The topological polar surface area (TPSA) is 17.8 Å². The van der Waals surface area contributed by atoms with Gasteiger partial charge in [0, 0.05) is 11.6 Å². The van der Waals surface area contributed by atoms with Crippen molar-refractivity contribution in [2.24, 2.45) is 0 Å². The van der Waals surface area contributed by atoms with E-state index in [2.05, 4.69) is 20.9 Å². The quantitative estimate of drug-likeness (QED) is 0.720. The van der Waals surface area contributed by atoms with Gasteiger partial charge in [0.1, 0.15) is 4.60 Å². The Morgan fingerprint density at radius 2 is 2.25 bits per heavy atom. The van der Waals surface area contributed by atoms with Crippen molar-refractivity contribution in [2.75, 3.05) is 0 Å². The molecule has 2 aromatic heterocycles. The van der Waals surface area contributed by atoms with Crippen LogP contribution in [0.15, 0.2) is 29.0 Å². The molecule has 62 valence electrons. The molecule has 0 amide bonds. The molecule has 2 aromatic rings. The zero-order valence-corrected chi connectivity index (χ0v) is 8.27. The molecule has 0 spiro atoms. The predicted octanol–water partition coefficient (Wildman–Crippen LogP) is 3.18. The first kappa shape index (κ1) is 8.07. The third kappa shape index (κ3) is 1.23. The van der Waals surface area contributed by atoms with Crippen molar-refractivity contribution in [3.63, 3.8) is 0 Å². The molecular formula is C7H4BrFN2S. The van der Waals surface area contributed by atoms with E-state index in [1.54, 1.807) is 6.20 Å². The van der Waals surface area contributed by atoms with Crippen molar-refractivity contribution in [2.45, 2.75) is 0 Å². The second-order valence-electron chi connectivity index (χ2n) is 2.26. The van der Waals surface area contributed by atoms with Crippen molar-refractivity contribution < 1.29 is 3.89 Å². The molecule has 0 radical (unpaired) electrons. The van der Waals surface area contributed by atoms with Gasteiger partial charge in [0.15, 0.2) is 18.0 Å². The molecule has 0 aliphatic heterocycles. The average Bonchev–Trinajstić information content (AvgIpc) is 2.46. The van der Waals surface area contributed by atoms with E-state index in [1.165, 1.54) is 3.97 Å². The van der Waals surface area contributed by atoms with Crippen molar-refractivity contribution in [1.82, 2.24) is 8.96 Å². The van der Waals surface area contributed by atoms with Gasteiger partial charge >= 0.3 is 0 Å². The molecule has 0 unspecified atom stereocenters. The summed E-state index contributed by atoms with van der Waals surface area (Å²) in [5.74, 6) is 0. The van der Waals surface area contributed by atoms with Gasteiger partial charge in [0.2, 0.25) is 0 Å². The maximum atomic E-state index is 12.2. The summed E-state index contributed by atoms with van der Waals surface area (Å²) in [5.41, 5.74) is 0.636. The summed E-state index contributed by atoms with van der Waals surface area (Å²) < 4.78 is 14.3. The number of hydrogen-bond acceptors (Lipinski definition) is 2. The van der Waals surface area contributed by atoms with Crippen LogP contribution in [-0.2, 0) is 0 Å². The van der Waals surface area contributed by atoms with Gasteiger partial charge in [0.25, 0.3) is 0 Å². The lowest BCUT2D eigenvalue weighted by atomic mass is 10.3. The molecule has 0 bridgehead atoms. The Kier molecular flexibility index (Phi) is 2.06. The Labute approximate surface area is 81.3 Å². The minimum absolute atomic E-state index is 0.147. The van der Waals surface area contributed by atoms with Crippen LogP contribution in [0, 0.1) is 0 Å². The van der Waals surface area contributed by atoms with E-state index in [4.69, 9.17) is 0 Å². The first-order valence-electron chi connectivity index (χ1n) is 3.24. The van der Waals surface area contributed by atoms with Crippen molar-refractivity contribution in [1.29, 1.82) is 0 Å². The number of nitrogens with zero attached hydrogens (tertiary/aromatic N) is 2. The molecular weight excluding hydrogens is 243 g/mol. The number of hydrogen-bond donors (Lipinski definition) is 0. The van der Waals surface area contributed by atoms with E-state index in [1.807, 2.05) is 18.2 Å². The van der Waals surface area contributed by atoms with Crippen LogP contribution < -0.4 is 0 Å². The monoisotopic (exact) mass is 246 g/mol. The Morgan fingerprint density at radius 1 is 1.42 bits per heavy atom. The van der Waals surface area contributed by atoms with Gasteiger partial charge in [-0.05, 0) is 34.1 Å². The molecule has 2 heterocycles. The summed E-state index contributed by atoms with van der Waals surface area (Å²) in [6, 6.07) is 5.54. The molecule has 2 nitrogen and oxygen atoms in total. The zero-order chi connectivity index (χ0) is 8.55. The van der Waals surface area contributed by atoms with E-state index >= 15 is 0 Å². The van der Waals surface area contributed by atoms with Crippen LogP contribution in [0.1, 0.15) is 0 Å². The van der Waals surface area contributed by atoms with Crippen LogP contribution in [-0.4, -0.2) is 8.96 Å². The lowest BCUT2D eigenvalue weighted by Gasteiger charge is -1.94. The van der Waals surface area contributed by atoms with Crippen LogP contribution in [0.2, 0.25) is 0 Å². The van der Waals surface area contributed by atoms with E-state index < -0.39 is 0 Å². The van der Waals surface area contributed by atoms with Gasteiger partial charge in [-0.15, -0.1) is 3.89 Å². The smallest absolute Gasteiger partial charge is 0.171 e. The number of halogens is 2. The lowest BCUT2D eigenvalue weighted by molar-refractivity contribution is 0.919. The van der Waals surface area contributed by atoms with Crippen LogP contribution in [0.4, 0.5) is 3.89 Å². The highest BCUT2D eigenvalue weighted by atomic mass is 79.9. The van der Waals surface area contributed by atoms with E-state index in [0.717, 1.165) is 5.39 Å². The first-order valence-corrected chi connectivity index (χ1v) is 4.70.